The Morgan fingerprint density at radius 3 is 1.69 bits per heavy atom. The molecule has 0 aromatic rings. The average Bonchev–Trinajstić information content (AvgIpc) is 2.31. The first-order chi connectivity index (χ1) is 7.91. The van der Waals surface area contributed by atoms with Gasteiger partial charge in [0.05, 0.1) is 0 Å². The molecule has 0 heterocycles. The summed E-state index contributed by atoms with van der Waals surface area (Å²) in [5.74, 6) is 0. The molecule has 0 aliphatic rings. The highest BCUT2D eigenvalue weighted by atomic mass is 29.5. The van der Waals surface area contributed by atoms with Crippen LogP contribution in [0.4, 0.5) is 0 Å². The Labute approximate surface area is 110 Å². The zero-order valence-corrected chi connectivity index (χ0v) is 14.3. The zero-order valence-electron chi connectivity index (χ0n) is 11.3. The third-order valence-electron chi connectivity index (χ3n) is 2.87. The van der Waals surface area contributed by atoms with Gasteiger partial charge in [-0.2, -0.15) is 0 Å². The van der Waals surface area contributed by atoms with Crippen molar-refractivity contribution < 1.29 is 0 Å². The Hall–Kier alpha value is 0.651. The highest BCUT2D eigenvalue weighted by Crippen LogP contribution is 2.10. The molecule has 0 N–H and O–H groups in total. The summed E-state index contributed by atoms with van der Waals surface area (Å²) in [4.78, 5) is 0. The van der Waals surface area contributed by atoms with E-state index in [0.717, 1.165) is 0 Å². The van der Waals surface area contributed by atoms with Crippen LogP contribution >= 0.6 is 0 Å². The van der Waals surface area contributed by atoms with Crippen LogP contribution in [0.1, 0.15) is 71.1 Å². The van der Waals surface area contributed by atoms with Crippen molar-refractivity contribution >= 4 is 26.6 Å². The van der Waals surface area contributed by atoms with Gasteiger partial charge in [-0.3, -0.25) is 0 Å². The first-order valence-corrected chi connectivity index (χ1v) is 12.8. The molecule has 16 heavy (non-hydrogen) atoms. The Bertz CT molecular complexity index is 104. The quantitative estimate of drug-likeness (QED) is 0.345. The molecule has 0 fully saturated rings. The van der Waals surface area contributed by atoms with Crippen molar-refractivity contribution in [2.75, 3.05) is 0 Å². The Kier molecular flexibility index (Phi) is 16.3. The average molecular weight is 269 g/mol. The molecule has 0 saturated heterocycles. The molecule has 0 atom stereocenters. The molecule has 0 aliphatic heterocycles. The summed E-state index contributed by atoms with van der Waals surface area (Å²) >= 11 is 0. The maximum Gasteiger partial charge on any atom is 0.0183 e. The molecule has 0 amide bonds. The number of hydrogen-bond donors (Lipinski definition) is 0. The lowest BCUT2D eigenvalue weighted by Crippen LogP contribution is -2.08. The smallest absolute Gasteiger partial charge is 0.0183 e. The van der Waals surface area contributed by atoms with Crippen LogP contribution in [0.2, 0.25) is 12.6 Å². The molecule has 0 saturated carbocycles. The van der Waals surface area contributed by atoms with Crippen molar-refractivity contribution in [1.29, 1.82) is 0 Å². The minimum absolute atomic E-state index is 1.21. The van der Waals surface area contributed by atoms with Gasteiger partial charge in [0.2, 0.25) is 0 Å². The Morgan fingerprint density at radius 2 is 1.19 bits per heavy atom. The molecule has 0 spiro atoms. The monoisotopic (exact) mass is 268 g/mol. The van der Waals surface area contributed by atoms with Crippen molar-refractivity contribution in [3.8, 4) is 0 Å². The second-order valence-electron chi connectivity index (χ2n) is 4.48. The van der Waals surface area contributed by atoms with Gasteiger partial charge < -0.3 is 0 Å². The van der Waals surface area contributed by atoms with Gasteiger partial charge in [0, 0.05) is 26.6 Å². The van der Waals surface area contributed by atoms with Crippen LogP contribution in [0.25, 0.3) is 0 Å². The van der Waals surface area contributed by atoms with E-state index in [1.54, 1.807) is 0 Å². The van der Waals surface area contributed by atoms with Crippen LogP contribution in [0.5, 0.6) is 0 Å². The lowest BCUT2D eigenvalue weighted by molar-refractivity contribution is 0.562. The molecule has 3 heteroatoms. The minimum Gasteiger partial charge on any atom is -0.0761 e. The molecular formula is C13H28Si3. The molecule has 0 bridgehead atoms. The molecule has 6 radical (unpaired) electrons. The van der Waals surface area contributed by atoms with E-state index in [2.05, 4.69) is 13.5 Å². The summed E-state index contributed by atoms with van der Waals surface area (Å²) in [7, 11) is 3.78. The molecule has 92 valence electrons. The highest BCUT2D eigenvalue weighted by Gasteiger charge is 1.93. The summed E-state index contributed by atoms with van der Waals surface area (Å²) in [6.45, 7) is 4.63. The van der Waals surface area contributed by atoms with E-state index in [9.17, 15) is 0 Å². The van der Waals surface area contributed by atoms with Crippen LogP contribution in [0.15, 0.2) is 0 Å². The topological polar surface area (TPSA) is 0 Å². The third kappa shape index (κ3) is 14.7. The second kappa shape index (κ2) is 15.7. The predicted octanol–water partition coefficient (Wildman–Crippen LogP) is 4.32. The van der Waals surface area contributed by atoms with Gasteiger partial charge in [0.15, 0.2) is 0 Å². The molecular weight excluding hydrogens is 240 g/mol. The molecule has 0 unspecified atom stereocenters. The lowest BCUT2D eigenvalue weighted by atomic mass is 10.1. The fourth-order valence-electron chi connectivity index (χ4n) is 1.85. The van der Waals surface area contributed by atoms with Gasteiger partial charge in [0.25, 0.3) is 0 Å². The summed E-state index contributed by atoms with van der Waals surface area (Å²) < 4.78 is 0. The van der Waals surface area contributed by atoms with E-state index < -0.39 is 0 Å². The van der Waals surface area contributed by atoms with Crippen molar-refractivity contribution in [3.05, 3.63) is 0 Å². The third-order valence-corrected chi connectivity index (χ3v) is 9.77. The van der Waals surface area contributed by atoms with E-state index >= 15 is 0 Å². The van der Waals surface area contributed by atoms with Gasteiger partial charge in [0.1, 0.15) is 0 Å². The molecule has 0 aliphatic carbocycles. The zero-order chi connectivity index (χ0) is 11.9. The van der Waals surface area contributed by atoms with Crippen molar-refractivity contribution in [3.63, 3.8) is 0 Å². The van der Waals surface area contributed by atoms with Crippen LogP contribution < -0.4 is 0 Å². The minimum atomic E-state index is 1.21. The van der Waals surface area contributed by atoms with Gasteiger partial charge in [-0.05, 0) is 0 Å². The maximum absolute atomic E-state index is 2.34. The summed E-state index contributed by atoms with van der Waals surface area (Å²) in [6, 6.07) is 1.52. The van der Waals surface area contributed by atoms with E-state index in [-0.39, 0.29) is 0 Å². The van der Waals surface area contributed by atoms with Crippen molar-refractivity contribution in [2.24, 2.45) is 0 Å². The molecule has 0 aromatic carbocycles. The van der Waals surface area contributed by atoms with Gasteiger partial charge in [-0.1, -0.05) is 83.7 Å². The van der Waals surface area contributed by atoms with E-state index in [1.165, 1.54) is 96.9 Å². The molecule has 0 aromatic heterocycles. The number of unbranched alkanes of at least 4 members (excludes halogenated alkanes) is 9. The summed E-state index contributed by atoms with van der Waals surface area (Å²) in [6.07, 6.45) is 14.7. The number of rotatable bonds is 13. The second-order valence-corrected chi connectivity index (χ2v) is 11.6. The van der Waals surface area contributed by atoms with Crippen LogP contribution in [0, 0.1) is 0 Å². The predicted molar refractivity (Wildman–Crippen MR) is 79.8 cm³/mol. The van der Waals surface area contributed by atoms with Crippen molar-refractivity contribution in [1.82, 2.24) is 0 Å². The summed E-state index contributed by atoms with van der Waals surface area (Å²) in [5, 5.41) is 0. The Balaban J connectivity index is 2.83. The van der Waals surface area contributed by atoms with E-state index in [1.807, 2.05) is 0 Å². The lowest BCUT2D eigenvalue weighted by Gasteiger charge is -2.01. The van der Waals surface area contributed by atoms with Crippen LogP contribution in [-0.4, -0.2) is 26.6 Å². The van der Waals surface area contributed by atoms with Crippen LogP contribution in [-0.2, 0) is 0 Å². The summed E-state index contributed by atoms with van der Waals surface area (Å²) in [5.41, 5.74) is 0. The highest BCUT2D eigenvalue weighted by molar-refractivity contribution is 7.29. The van der Waals surface area contributed by atoms with Crippen LogP contribution in [0.3, 0.4) is 0 Å². The first kappa shape index (κ1) is 16.7. The fourth-order valence-corrected chi connectivity index (χ4v) is 6.73. The van der Waals surface area contributed by atoms with Gasteiger partial charge in [-0.15, -0.1) is 0 Å². The fraction of sp³-hybridized carbons (Fsp3) is 1.00. The molecule has 0 nitrogen and oxygen atoms in total. The standard InChI is InChI=1S/C13H28Si3/c1-3-4-5-6-7-8-9-10-11-12-13-15-16-14-2/h3-13H2,1-2H3. The number of hydrogen-bond acceptors (Lipinski definition) is 0. The van der Waals surface area contributed by atoms with Gasteiger partial charge in [-0.25, -0.2) is 0 Å². The van der Waals surface area contributed by atoms with E-state index in [4.69, 9.17) is 0 Å². The van der Waals surface area contributed by atoms with Crippen molar-refractivity contribution in [2.45, 2.75) is 83.7 Å². The van der Waals surface area contributed by atoms with E-state index in [0.29, 0.717) is 0 Å². The normalized spacial score (nSPS) is 10.9. The Morgan fingerprint density at radius 1 is 0.688 bits per heavy atom. The van der Waals surface area contributed by atoms with Gasteiger partial charge >= 0.3 is 0 Å². The largest absolute Gasteiger partial charge is 0.0761 e. The SMILES string of the molecule is CCCCCCCCCCCC[Si][Si][Si]C. The molecule has 0 rings (SSSR count). The maximum atomic E-state index is 2.34. The first-order valence-electron chi connectivity index (χ1n) is 7.06.